The average molecular weight is 350 g/mol. The lowest BCUT2D eigenvalue weighted by Gasteiger charge is -2.23. The molecule has 1 atom stereocenters. The highest BCUT2D eigenvalue weighted by Gasteiger charge is 2.22. The van der Waals surface area contributed by atoms with Gasteiger partial charge in [-0.05, 0) is 25.0 Å². The molecule has 6 heteroatoms. The molecule has 25 heavy (non-hydrogen) atoms. The summed E-state index contributed by atoms with van der Waals surface area (Å²) in [5, 5.41) is 7.16. The van der Waals surface area contributed by atoms with Crippen LogP contribution in [0.5, 0.6) is 0 Å². The number of benzene rings is 1. The molecule has 1 aliphatic carbocycles. The Morgan fingerprint density at radius 2 is 1.80 bits per heavy atom. The van der Waals surface area contributed by atoms with Crippen molar-refractivity contribution in [1.29, 1.82) is 0 Å². The summed E-state index contributed by atoms with van der Waals surface area (Å²) in [7, 11) is 0. The minimum Gasteiger partial charge on any atom is -0.335 e. The third kappa shape index (κ3) is 6.46. The number of imide groups is 1. The summed E-state index contributed by atoms with van der Waals surface area (Å²) in [5.41, 5.74) is 0.968. The normalized spacial score (nSPS) is 16.5. The van der Waals surface area contributed by atoms with Gasteiger partial charge in [-0.15, -0.1) is 0 Å². The van der Waals surface area contributed by atoms with E-state index in [1.807, 2.05) is 5.32 Å². The second kappa shape index (κ2) is 9.51. The molecule has 1 aromatic carbocycles. The maximum Gasteiger partial charge on any atom is 0.321 e. The molecule has 3 amide bonds. The fraction of sp³-hybridized carbons (Fsp3) is 0.579. The third-order valence-electron chi connectivity index (χ3n) is 4.72. The van der Waals surface area contributed by atoms with Crippen molar-refractivity contribution in [2.24, 2.45) is 5.92 Å². The Morgan fingerprint density at radius 1 is 1.16 bits per heavy atom. The predicted molar refractivity (Wildman–Crippen MR) is 94.3 cm³/mol. The molecule has 0 spiro atoms. The number of urea groups is 1. The molecule has 1 fully saturated rings. The number of hydrogen-bond donors (Lipinski definition) is 3. The second-order valence-corrected chi connectivity index (χ2v) is 7.12. The Labute approximate surface area is 148 Å². The van der Waals surface area contributed by atoms with Crippen LogP contribution >= 0.6 is 0 Å². The van der Waals surface area contributed by atoms with Crippen LogP contribution in [0.2, 0.25) is 0 Å². The zero-order valence-electron chi connectivity index (χ0n) is 15.1. The average Bonchev–Trinajstić information content (AvgIpc) is 2.57. The first kappa shape index (κ1) is 19.4. The number of halogens is 1. The van der Waals surface area contributed by atoms with E-state index in [2.05, 4.69) is 24.5 Å². The Bertz CT molecular complexity index is 569. The van der Waals surface area contributed by atoms with Crippen LogP contribution in [0.15, 0.2) is 24.3 Å². The maximum absolute atomic E-state index is 13.1. The molecular formula is C19H29FN3O2+. The monoisotopic (exact) mass is 350 g/mol. The second-order valence-electron chi connectivity index (χ2n) is 7.12. The zero-order chi connectivity index (χ0) is 18.2. The standard InChI is InChI=1S/C19H28FN3O2/c1-13(2)18(14-8-10-15(20)11-9-14)21-12-17(24)23-19(25)22-16-6-4-3-5-7-16/h8-11,13,16,18,21H,3-7,12H2,1-2H3,(H2,22,23,24,25)/p+1/t18-/m0/s1. The van der Waals surface area contributed by atoms with Crippen molar-refractivity contribution in [3.05, 3.63) is 35.6 Å². The smallest absolute Gasteiger partial charge is 0.321 e. The molecule has 0 radical (unpaired) electrons. The van der Waals surface area contributed by atoms with Crippen LogP contribution < -0.4 is 16.0 Å². The lowest BCUT2D eigenvalue weighted by molar-refractivity contribution is -0.692. The summed E-state index contributed by atoms with van der Waals surface area (Å²) in [6.45, 7) is 4.26. The largest absolute Gasteiger partial charge is 0.335 e. The van der Waals surface area contributed by atoms with Gasteiger partial charge in [0, 0.05) is 17.5 Å². The number of rotatable bonds is 6. The van der Waals surface area contributed by atoms with Gasteiger partial charge in [0.1, 0.15) is 11.9 Å². The predicted octanol–water partition coefficient (Wildman–Crippen LogP) is 2.24. The number of nitrogens with one attached hydrogen (secondary N) is 2. The molecule has 0 unspecified atom stereocenters. The van der Waals surface area contributed by atoms with Crippen LogP contribution in [0.25, 0.3) is 0 Å². The topological polar surface area (TPSA) is 74.8 Å². The quantitative estimate of drug-likeness (QED) is 0.736. The maximum atomic E-state index is 13.1. The lowest BCUT2D eigenvalue weighted by Crippen LogP contribution is -2.88. The van der Waals surface area contributed by atoms with Crippen LogP contribution in [-0.4, -0.2) is 24.5 Å². The Morgan fingerprint density at radius 3 is 2.40 bits per heavy atom. The first-order chi connectivity index (χ1) is 12.0. The molecule has 0 heterocycles. The molecular weight excluding hydrogens is 321 g/mol. The fourth-order valence-corrected chi connectivity index (χ4v) is 3.36. The molecule has 5 nitrogen and oxygen atoms in total. The molecule has 2 rings (SSSR count). The first-order valence-corrected chi connectivity index (χ1v) is 9.15. The Hall–Kier alpha value is -1.95. The van der Waals surface area contributed by atoms with Gasteiger partial charge >= 0.3 is 6.03 Å². The fourth-order valence-electron chi connectivity index (χ4n) is 3.36. The van der Waals surface area contributed by atoms with E-state index in [9.17, 15) is 14.0 Å². The van der Waals surface area contributed by atoms with Crippen molar-refractivity contribution in [1.82, 2.24) is 10.6 Å². The van der Waals surface area contributed by atoms with Crippen LogP contribution in [0.1, 0.15) is 57.6 Å². The van der Waals surface area contributed by atoms with Gasteiger partial charge in [-0.1, -0.05) is 45.2 Å². The number of carbonyl (C=O) groups is 2. The molecule has 0 aliphatic heterocycles. The van der Waals surface area contributed by atoms with E-state index in [0.29, 0.717) is 0 Å². The number of nitrogens with two attached hydrogens (primary N) is 1. The summed E-state index contributed by atoms with van der Waals surface area (Å²) in [5.74, 6) is -0.321. The highest BCUT2D eigenvalue weighted by molar-refractivity contribution is 5.94. The molecule has 0 aromatic heterocycles. The SMILES string of the molecule is CC(C)[C@H]([NH2+]CC(=O)NC(=O)NC1CCCCC1)c1ccc(F)cc1. The summed E-state index contributed by atoms with van der Waals surface area (Å²) < 4.78 is 13.1. The highest BCUT2D eigenvalue weighted by Crippen LogP contribution is 2.18. The molecule has 1 saturated carbocycles. The number of hydrogen-bond acceptors (Lipinski definition) is 2. The van der Waals surface area contributed by atoms with Gasteiger partial charge in [0.25, 0.3) is 5.91 Å². The van der Waals surface area contributed by atoms with Gasteiger partial charge in [-0.2, -0.15) is 0 Å². The zero-order valence-corrected chi connectivity index (χ0v) is 15.1. The third-order valence-corrected chi connectivity index (χ3v) is 4.72. The van der Waals surface area contributed by atoms with E-state index in [4.69, 9.17) is 0 Å². The van der Waals surface area contributed by atoms with Crippen molar-refractivity contribution in [3.63, 3.8) is 0 Å². The number of quaternary nitrogens is 1. The Balaban J connectivity index is 1.80. The van der Waals surface area contributed by atoms with E-state index < -0.39 is 6.03 Å². The minimum absolute atomic E-state index is 0.0350. The number of carbonyl (C=O) groups excluding carboxylic acids is 2. The molecule has 4 N–H and O–H groups in total. The van der Waals surface area contributed by atoms with E-state index in [1.54, 1.807) is 12.1 Å². The summed E-state index contributed by atoms with van der Waals surface area (Å²) in [6, 6.07) is 6.13. The van der Waals surface area contributed by atoms with E-state index >= 15 is 0 Å². The van der Waals surface area contributed by atoms with Gasteiger partial charge < -0.3 is 10.6 Å². The van der Waals surface area contributed by atoms with Gasteiger partial charge in [0.15, 0.2) is 6.54 Å². The molecule has 138 valence electrons. The van der Waals surface area contributed by atoms with Crippen molar-refractivity contribution >= 4 is 11.9 Å². The summed E-state index contributed by atoms with van der Waals surface area (Å²) >= 11 is 0. The summed E-state index contributed by atoms with van der Waals surface area (Å²) in [6.07, 6.45) is 5.43. The molecule has 1 aromatic rings. The van der Waals surface area contributed by atoms with Gasteiger partial charge in [0.05, 0.1) is 0 Å². The Kier molecular flexibility index (Phi) is 7.37. The van der Waals surface area contributed by atoms with Crippen molar-refractivity contribution < 1.29 is 19.3 Å². The highest BCUT2D eigenvalue weighted by atomic mass is 19.1. The van der Waals surface area contributed by atoms with Crippen molar-refractivity contribution in [2.75, 3.05) is 6.54 Å². The minimum atomic E-state index is -0.409. The number of amides is 3. The van der Waals surface area contributed by atoms with Gasteiger partial charge in [-0.25, -0.2) is 9.18 Å². The van der Waals surface area contributed by atoms with Gasteiger partial charge in [0.2, 0.25) is 0 Å². The van der Waals surface area contributed by atoms with E-state index in [0.717, 1.165) is 31.2 Å². The van der Waals surface area contributed by atoms with E-state index in [-0.39, 0.29) is 36.3 Å². The molecule has 0 bridgehead atoms. The summed E-state index contributed by atoms with van der Waals surface area (Å²) in [4.78, 5) is 24.0. The van der Waals surface area contributed by atoms with Crippen LogP contribution in [-0.2, 0) is 4.79 Å². The van der Waals surface area contributed by atoms with Crippen molar-refractivity contribution in [3.8, 4) is 0 Å². The molecule has 1 aliphatic rings. The lowest BCUT2D eigenvalue weighted by atomic mass is 9.96. The van der Waals surface area contributed by atoms with Gasteiger partial charge in [-0.3, -0.25) is 10.1 Å². The van der Waals surface area contributed by atoms with Crippen LogP contribution in [0.3, 0.4) is 0 Å². The van der Waals surface area contributed by atoms with Crippen molar-refractivity contribution in [2.45, 2.75) is 58.0 Å². The first-order valence-electron chi connectivity index (χ1n) is 9.15. The van der Waals surface area contributed by atoms with Crippen LogP contribution in [0.4, 0.5) is 9.18 Å². The van der Waals surface area contributed by atoms with E-state index in [1.165, 1.54) is 18.6 Å². The van der Waals surface area contributed by atoms with Crippen LogP contribution in [0, 0.1) is 11.7 Å². The molecule has 0 saturated heterocycles.